The standard InChI is InChI=1S/C10H14BrN3O/c1-10(2,3)9-13-5-6(11)7(14-9)8(12)15-4/h5,12H,1-4H3. The van der Waals surface area contributed by atoms with Crippen LogP contribution in [0.25, 0.3) is 0 Å². The molecule has 5 heteroatoms. The normalized spacial score (nSPS) is 11.3. The van der Waals surface area contributed by atoms with Crippen LogP contribution in [0, 0.1) is 5.41 Å². The second kappa shape index (κ2) is 4.26. The van der Waals surface area contributed by atoms with Crippen LogP contribution >= 0.6 is 15.9 Å². The van der Waals surface area contributed by atoms with E-state index in [0.29, 0.717) is 16.0 Å². The van der Waals surface area contributed by atoms with Crippen molar-refractivity contribution < 1.29 is 4.74 Å². The molecule has 82 valence electrons. The number of nitrogens with zero attached hydrogens (tertiary/aromatic N) is 2. The molecule has 1 heterocycles. The molecule has 0 aliphatic carbocycles. The minimum absolute atomic E-state index is 0.0368. The summed E-state index contributed by atoms with van der Waals surface area (Å²) in [6.07, 6.45) is 1.65. The van der Waals surface area contributed by atoms with E-state index in [9.17, 15) is 0 Å². The van der Waals surface area contributed by atoms with Crippen LogP contribution in [0.2, 0.25) is 0 Å². The molecule has 0 bridgehead atoms. The Kier molecular flexibility index (Phi) is 3.44. The fourth-order valence-corrected chi connectivity index (χ4v) is 1.36. The molecule has 1 aromatic heterocycles. The Morgan fingerprint density at radius 2 is 2.07 bits per heavy atom. The van der Waals surface area contributed by atoms with Gasteiger partial charge in [-0.2, -0.15) is 0 Å². The van der Waals surface area contributed by atoms with E-state index in [1.165, 1.54) is 7.11 Å². The van der Waals surface area contributed by atoms with E-state index in [-0.39, 0.29) is 11.3 Å². The molecule has 0 radical (unpaired) electrons. The highest BCUT2D eigenvalue weighted by Crippen LogP contribution is 2.21. The number of hydrogen-bond donors (Lipinski definition) is 1. The first-order valence-corrected chi connectivity index (χ1v) is 5.31. The monoisotopic (exact) mass is 271 g/mol. The maximum Gasteiger partial charge on any atom is 0.233 e. The van der Waals surface area contributed by atoms with Gasteiger partial charge in [0.05, 0.1) is 11.6 Å². The average Bonchev–Trinajstić information content (AvgIpc) is 2.15. The van der Waals surface area contributed by atoms with Crippen molar-refractivity contribution in [1.82, 2.24) is 9.97 Å². The smallest absolute Gasteiger partial charge is 0.233 e. The zero-order chi connectivity index (χ0) is 11.6. The molecule has 1 N–H and O–H groups in total. The zero-order valence-corrected chi connectivity index (χ0v) is 10.8. The van der Waals surface area contributed by atoms with Crippen molar-refractivity contribution in [3.63, 3.8) is 0 Å². The highest BCUT2D eigenvalue weighted by atomic mass is 79.9. The number of nitrogens with one attached hydrogen (secondary N) is 1. The molecule has 0 atom stereocenters. The second-order valence-corrected chi connectivity index (χ2v) is 5.03. The van der Waals surface area contributed by atoms with Crippen molar-refractivity contribution in [3.05, 3.63) is 22.2 Å². The molecule has 0 aliphatic rings. The molecule has 0 fully saturated rings. The summed E-state index contributed by atoms with van der Waals surface area (Å²) >= 11 is 3.29. The molecule has 1 rings (SSSR count). The van der Waals surface area contributed by atoms with Crippen molar-refractivity contribution in [2.45, 2.75) is 26.2 Å². The van der Waals surface area contributed by atoms with E-state index in [4.69, 9.17) is 10.1 Å². The summed E-state index contributed by atoms with van der Waals surface area (Å²) in [5.74, 6) is 0.734. The van der Waals surface area contributed by atoms with Crippen LogP contribution in [0.15, 0.2) is 10.7 Å². The molecule has 0 amide bonds. The summed E-state index contributed by atoms with van der Waals surface area (Å²) in [6.45, 7) is 6.07. The Morgan fingerprint density at radius 3 is 2.53 bits per heavy atom. The van der Waals surface area contributed by atoms with E-state index in [2.05, 4.69) is 25.9 Å². The first-order valence-electron chi connectivity index (χ1n) is 4.52. The minimum Gasteiger partial charge on any atom is -0.480 e. The lowest BCUT2D eigenvalue weighted by Crippen LogP contribution is -2.19. The average molecular weight is 272 g/mol. The van der Waals surface area contributed by atoms with Gasteiger partial charge in [0.1, 0.15) is 11.5 Å². The molecular weight excluding hydrogens is 258 g/mol. The van der Waals surface area contributed by atoms with Gasteiger partial charge in [0.25, 0.3) is 0 Å². The van der Waals surface area contributed by atoms with Gasteiger partial charge < -0.3 is 4.74 Å². The van der Waals surface area contributed by atoms with Gasteiger partial charge in [-0.25, -0.2) is 9.97 Å². The third-order valence-electron chi connectivity index (χ3n) is 1.83. The number of aromatic nitrogens is 2. The molecule has 0 saturated carbocycles. The summed E-state index contributed by atoms with van der Waals surface area (Å²) < 4.78 is 5.52. The van der Waals surface area contributed by atoms with Gasteiger partial charge in [-0.15, -0.1) is 0 Å². The minimum atomic E-state index is -0.135. The number of rotatable bonds is 1. The maximum atomic E-state index is 7.58. The Morgan fingerprint density at radius 1 is 1.47 bits per heavy atom. The van der Waals surface area contributed by atoms with Crippen molar-refractivity contribution in [3.8, 4) is 0 Å². The van der Waals surface area contributed by atoms with E-state index >= 15 is 0 Å². The Hall–Kier alpha value is -0.970. The third kappa shape index (κ3) is 2.75. The van der Waals surface area contributed by atoms with Crippen LogP contribution < -0.4 is 0 Å². The predicted molar refractivity (Wildman–Crippen MR) is 62.3 cm³/mol. The van der Waals surface area contributed by atoms with Crippen molar-refractivity contribution in [1.29, 1.82) is 5.41 Å². The fraction of sp³-hybridized carbons (Fsp3) is 0.500. The summed E-state index contributed by atoms with van der Waals surface area (Å²) in [5, 5.41) is 7.58. The van der Waals surface area contributed by atoms with Crippen molar-refractivity contribution in [2.24, 2.45) is 0 Å². The molecule has 0 saturated heterocycles. The molecular formula is C10H14BrN3O. The predicted octanol–water partition coefficient (Wildman–Crippen LogP) is 2.51. The van der Waals surface area contributed by atoms with E-state index in [1.807, 2.05) is 20.8 Å². The largest absolute Gasteiger partial charge is 0.480 e. The number of methoxy groups -OCH3 is 1. The molecule has 0 unspecified atom stereocenters. The Bertz CT molecular complexity index is 385. The molecule has 0 spiro atoms. The van der Waals surface area contributed by atoms with Crippen LogP contribution in [0.1, 0.15) is 32.3 Å². The summed E-state index contributed by atoms with van der Waals surface area (Å²) in [5.41, 5.74) is 0.348. The number of hydrogen-bond acceptors (Lipinski definition) is 4. The van der Waals surface area contributed by atoms with Crippen LogP contribution in [-0.2, 0) is 10.2 Å². The topological polar surface area (TPSA) is 58.9 Å². The lowest BCUT2D eigenvalue weighted by molar-refractivity contribution is 0.398. The van der Waals surface area contributed by atoms with Gasteiger partial charge in [-0.1, -0.05) is 20.8 Å². The number of ether oxygens (including phenoxy) is 1. The summed E-state index contributed by atoms with van der Waals surface area (Å²) in [4.78, 5) is 8.52. The fourth-order valence-electron chi connectivity index (χ4n) is 0.984. The summed E-state index contributed by atoms with van der Waals surface area (Å²) in [6, 6.07) is 0. The Balaban J connectivity index is 3.23. The van der Waals surface area contributed by atoms with Gasteiger partial charge in [-0.05, 0) is 15.9 Å². The van der Waals surface area contributed by atoms with Crippen LogP contribution in [-0.4, -0.2) is 23.0 Å². The molecule has 1 aromatic rings. The SMILES string of the molecule is COC(=N)c1nc(C(C)(C)C)ncc1Br. The van der Waals surface area contributed by atoms with Crippen molar-refractivity contribution in [2.75, 3.05) is 7.11 Å². The van der Waals surface area contributed by atoms with Gasteiger partial charge in [0.2, 0.25) is 5.90 Å². The van der Waals surface area contributed by atoms with E-state index < -0.39 is 0 Å². The highest BCUT2D eigenvalue weighted by molar-refractivity contribution is 9.10. The first-order chi connectivity index (χ1) is 6.86. The van der Waals surface area contributed by atoms with Crippen LogP contribution in [0.3, 0.4) is 0 Å². The lowest BCUT2D eigenvalue weighted by Gasteiger charge is -2.17. The summed E-state index contributed by atoms with van der Waals surface area (Å²) in [7, 11) is 1.45. The van der Waals surface area contributed by atoms with E-state index in [1.54, 1.807) is 6.20 Å². The lowest BCUT2D eigenvalue weighted by atomic mass is 9.96. The van der Waals surface area contributed by atoms with Crippen molar-refractivity contribution >= 4 is 21.8 Å². The first kappa shape index (κ1) is 12.1. The second-order valence-electron chi connectivity index (χ2n) is 4.17. The third-order valence-corrected chi connectivity index (χ3v) is 2.41. The highest BCUT2D eigenvalue weighted by Gasteiger charge is 2.20. The molecule has 4 nitrogen and oxygen atoms in total. The molecule has 0 aromatic carbocycles. The quantitative estimate of drug-likeness (QED) is 0.631. The molecule has 0 aliphatic heterocycles. The van der Waals surface area contributed by atoms with Gasteiger partial charge >= 0.3 is 0 Å². The van der Waals surface area contributed by atoms with Gasteiger partial charge in [-0.3, -0.25) is 5.41 Å². The van der Waals surface area contributed by atoms with E-state index in [0.717, 1.165) is 0 Å². The van der Waals surface area contributed by atoms with Crippen LogP contribution in [0.5, 0.6) is 0 Å². The molecule has 15 heavy (non-hydrogen) atoms. The van der Waals surface area contributed by atoms with Gasteiger partial charge in [0, 0.05) is 11.6 Å². The Labute approximate surface area is 97.7 Å². The number of halogens is 1. The maximum absolute atomic E-state index is 7.58. The van der Waals surface area contributed by atoms with Crippen LogP contribution in [0.4, 0.5) is 0 Å². The van der Waals surface area contributed by atoms with Gasteiger partial charge in [0.15, 0.2) is 0 Å². The zero-order valence-electron chi connectivity index (χ0n) is 9.26.